The maximum absolute atomic E-state index is 11.7. The van der Waals surface area contributed by atoms with Gasteiger partial charge in [-0.15, -0.1) is 0 Å². The zero-order chi connectivity index (χ0) is 26.3. The molecule has 0 radical (unpaired) electrons. The molecule has 0 aromatic rings. The lowest BCUT2D eigenvalue weighted by Gasteiger charge is -2.17. The number of hydrogen-bond acceptors (Lipinski definition) is 17. The van der Waals surface area contributed by atoms with Crippen LogP contribution < -0.4 is 0 Å². The van der Waals surface area contributed by atoms with Crippen molar-refractivity contribution in [2.75, 3.05) is 47.8 Å². The summed E-state index contributed by atoms with van der Waals surface area (Å²) in [6.45, 7) is -3.65. The Morgan fingerprint density at radius 2 is 0.794 bits per heavy atom. The van der Waals surface area contributed by atoms with Crippen LogP contribution in [0.3, 0.4) is 0 Å². The van der Waals surface area contributed by atoms with Crippen LogP contribution in [0.15, 0.2) is 0 Å². The van der Waals surface area contributed by atoms with Crippen LogP contribution >= 0.6 is 0 Å². The Hall–Kier alpha value is -4.28. The second-order valence-electron chi connectivity index (χ2n) is 5.51. The molecule has 0 saturated heterocycles. The quantitative estimate of drug-likeness (QED) is 0.182. The summed E-state index contributed by atoms with van der Waals surface area (Å²) in [5, 5.41) is 9.07. The van der Waals surface area contributed by atoms with Gasteiger partial charge in [-0.05, 0) is 0 Å². The van der Waals surface area contributed by atoms with E-state index in [-0.39, 0.29) is 0 Å². The number of methoxy groups -OCH3 is 3. The molecule has 0 amide bonds. The number of ether oxygens (including phenoxy) is 8. The normalized spacial score (nSPS) is 11.5. The van der Waals surface area contributed by atoms with Crippen molar-refractivity contribution in [3.63, 3.8) is 0 Å². The van der Waals surface area contributed by atoms with Crippen LogP contribution in [0.25, 0.3) is 0 Å². The zero-order valence-electron chi connectivity index (χ0n) is 18.0. The largest absolute Gasteiger partial charge is 0.461 e. The Morgan fingerprint density at radius 3 is 1.15 bits per heavy atom. The Labute approximate surface area is 190 Å². The minimum Gasteiger partial charge on any atom is -0.461 e. The lowest BCUT2D eigenvalue weighted by atomic mass is 10.4. The van der Waals surface area contributed by atoms with Crippen LogP contribution in [0.1, 0.15) is 0 Å². The van der Waals surface area contributed by atoms with Gasteiger partial charge in [-0.1, -0.05) is 0 Å². The average Bonchev–Trinajstić information content (AvgIpc) is 2.85. The molecule has 190 valence electrons. The van der Waals surface area contributed by atoms with Crippen LogP contribution in [0.2, 0.25) is 0 Å². The summed E-state index contributed by atoms with van der Waals surface area (Å²) in [5.41, 5.74) is 0. The number of carbonyl (C=O) groups excluding carboxylic acids is 8. The van der Waals surface area contributed by atoms with E-state index < -0.39 is 86.4 Å². The maximum atomic E-state index is 11.7. The van der Waals surface area contributed by atoms with Gasteiger partial charge in [-0.2, -0.15) is 0 Å². The smallest absolute Gasteiger partial charge is 0.417 e. The zero-order valence-corrected chi connectivity index (χ0v) is 18.0. The van der Waals surface area contributed by atoms with Crippen LogP contribution in [0.5, 0.6) is 0 Å². The minimum atomic E-state index is -1.69. The lowest BCUT2D eigenvalue weighted by Crippen LogP contribution is -2.36. The van der Waals surface area contributed by atoms with E-state index >= 15 is 0 Å². The number of hydrogen-bond donors (Lipinski definition) is 1. The molecule has 0 bridgehead atoms. The summed E-state index contributed by atoms with van der Waals surface area (Å²) < 4.78 is 34.7. The standard InChI is InChI=1S/C17H20O17/c1-27-10(19)13(22)31-6-9(34-17(26)12(21)29-3)7-32-15(24)14(23)30-5-8(4-18)33-16(25)11(20)28-2/h8-9,18H,4-7H2,1-3H3. The van der Waals surface area contributed by atoms with Crippen LogP contribution in [0.4, 0.5) is 0 Å². The van der Waals surface area contributed by atoms with E-state index in [2.05, 4.69) is 37.9 Å². The van der Waals surface area contributed by atoms with Crippen molar-refractivity contribution in [2.24, 2.45) is 0 Å². The topological polar surface area (TPSA) is 231 Å². The Morgan fingerprint density at radius 1 is 0.500 bits per heavy atom. The second kappa shape index (κ2) is 15.5. The summed E-state index contributed by atoms with van der Waals surface area (Å²) in [6, 6.07) is 0. The third-order valence-corrected chi connectivity index (χ3v) is 3.17. The molecule has 0 rings (SSSR count). The molecule has 17 heteroatoms. The number of carbonyl (C=O) groups is 8. The molecule has 0 fully saturated rings. The summed E-state index contributed by atoms with van der Waals surface area (Å²) in [7, 11) is 2.62. The number of aliphatic hydroxyl groups is 1. The average molecular weight is 496 g/mol. The van der Waals surface area contributed by atoms with Crippen LogP contribution in [-0.2, 0) is 76.3 Å². The fourth-order valence-corrected chi connectivity index (χ4v) is 1.57. The number of rotatable bonds is 9. The Balaban J connectivity index is 4.89. The fourth-order valence-electron chi connectivity index (χ4n) is 1.57. The van der Waals surface area contributed by atoms with Crippen molar-refractivity contribution in [2.45, 2.75) is 12.2 Å². The van der Waals surface area contributed by atoms with Crippen molar-refractivity contribution in [3.8, 4) is 0 Å². The van der Waals surface area contributed by atoms with Gasteiger partial charge in [0, 0.05) is 0 Å². The maximum Gasteiger partial charge on any atom is 0.417 e. The molecule has 1 N–H and O–H groups in total. The van der Waals surface area contributed by atoms with Gasteiger partial charge in [0.05, 0.1) is 27.9 Å². The highest BCUT2D eigenvalue weighted by Gasteiger charge is 2.28. The molecule has 17 nitrogen and oxygen atoms in total. The lowest BCUT2D eigenvalue weighted by molar-refractivity contribution is -0.182. The molecule has 0 aliphatic rings. The molecular weight excluding hydrogens is 476 g/mol. The van der Waals surface area contributed by atoms with Crippen LogP contribution in [0, 0.1) is 0 Å². The Bertz CT molecular complexity index is 800. The Kier molecular flexibility index (Phi) is 13.6. The third kappa shape index (κ3) is 10.8. The van der Waals surface area contributed by atoms with Crippen molar-refractivity contribution < 1.29 is 81.4 Å². The van der Waals surface area contributed by atoms with E-state index in [1.54, 1.807) is 0 Å². The van der Waals surface area contributed by atoms with Gasteiger partial charge in [0.25, 0.3) is 0 Å². The second-order valence-corrected chi connectivity index (χ2v) is 5.51. The van der Waals surface area contributed by atoms with Gasteiger partial charge in [-0.25, -0.2) is 38.4 Å². The molecular formula is C17H20O17. The van der Waals surface area contributed by atoms with Gasteiger partial charge >= 0.3 is 47.8 Å². The van der Waals surface area contributed by atoms with E-state index in [4.69, 9.17) is 5.11 Å². The van der Waals surface area contributed by atoms with Gasteiger partial charge in [0.1, 0.15) is 19.8 Å². The van der Waals surface area contributed by atoms with Gasteiger partial charge in [0.15, 0.2) is 12.2 Å². The van der Waals surface area contributed by atoms with Crippen molar-refractivity contribution >= 4 is 47.8 Å². The molecule has 0 saturated carbocycles. The van der Waals surface area contributed by atoms with E-state index in [0.717, 1.165) is 21.3 Å². The van der Waals surface area contributed by atoms with Crippen molar-refractivity contribution in [1.29, 1.82) is 0 Å². The van der Waals surface area contributed by atoms with Gasteiger partial charge in [0.2, 0.25) is 0 Å². The first-order valence-electron chi connectivity index (χ1n) is 8.78. The highest BCUT2D eigenvalue weighted by atomic mass is 16.7. The highest BCUT2D eigenvalue weighted by molar-refractivity contribution is 6.31. The first-order valence-corrected chi connectivity index (χ1v) is 8.78. The van der Waals surface area contributed by atoms with Crippen molar-refractivity contribution in [3.05, 3.63) is 0 Å². The summed E-state index contributed by atoms with van der Waals surface area (Å²) in [4.78, 5) is 90.6. The molecule has 0 aromatic carbocycles. The van der Waals surface area contributed by atoms with E-state index in [9.17, 15) is 38.4 Å². The predicted molar refractivity (Wildman–Crippen MR) is 95.8 cm³/mol. The first kappa shape index (κ1) is 29.7. The number of aliphatic hydroxyl groups excluding tert-OH is 1. The van der Waals surface area contributed by atoms with Gasteiger partial charge in [-0.3, -0.25) is 0 Å². The number of esters is 8. The molecule has 0 aromatic heterocycles. The molecule has 0 aliphatic carbocycles. The molecule has 34 heavy (non-hydrogen) atoms. The van der Waals surface area contributed by atoms with Gasteiger partial charge < -0.3 is 43.0 Å². The molecule has 0 heterocycles. The van der Waals surface area contributed by atoms with E-state index in [1.807, 2.05) is 0 Å². The minimum absolute atomic E-state index is 0.855. The fraction of sp³-hybridized carbons (Fsp3) is 0.529. The van der Waals surface area contributed by atoms with E-state index in [0.29, 0.717) is 0 Å². The van der Waals surface area contributed by atoms with E-state index in [1.165, 1.54) is 0 Å². The highest BCUT2D eigenvalue weighted by Crippen LogP contribution is 2.01. The molecule has 2 atom stereocenters. The van der Waals surface area contributed by atoms with Crippen molar-refractivity contribution in [1.82, 2.24) is 0 Å². The molecule has 0 aliphatic heterocycles. The summed E-state index contributed by atoms with van der Waals surface area (Å²) >= 11 is 0. The third-order valence-electron chi connectivity index (χ3n) is 3.17. The molecule has 2 unspecified atom stereocenters. The SMILES string of the molecule is COC(=O)C(=O)OCC(COC(=O)C(=O)OCC(CO)OC(=O)C(=O)OC)OC(=O)C(=O)OC. The monoisotopic (exact) mass is 496 g/mol. The molecule has 0 spiro atoms. The summed E-state index contributed by atoms with van der Waals surface area (Å²) in [6.07, 6.45) is -3.21. The van der Waals surface area contributed by atoms with Crippen LogP contribution in [-0.4, -0.2) is 113 Å². The summed E-state index contributed by atoms with van der Waals surface area (Å²) in [5.74, 6) is -12.2. The predicted octanol–water partition coefficient (Wildman–Crippen LogP) is -4.05. The first-order chi connectivity index (χ1) is 16.0.